The summed E-state index contributed by atoms with van der Waals surface area (Å²) in [6.07, 6.45) is 0.365. The number of hydrogen-bond acceptors (Lipinski definition) is 4. The van der Waals surface area contributed by atoms with E-state index >= 15 is 0 Å². The molecule has 0 atom stereocenters. The van der Waals surface area contributed by atoms with Gasteiger partial charge in [-0.1, -0.05) is 65.9 Å². The molecule has 0 aliphatic heterocycles. The second kappa shape index (κ2) is 8.31. The highest BCUT2D eigenvalue weighted by molar-refractivity contribution is 7.22. The number of carbonyl (C=O) groups excluding carboxylic acids is 1. The number of likely N-dealkylation sites (N-methyl/N-ethyl adjacent to an activating group) is 1. The predicted octanol–water partition coefficient (Wildman–Crippen LogP) is 4.90. The molecule has 0 saturated heterocycles. The highest BCUT2D eigenvalue weighted by Crippen LogP contribution is 2.31. The zero-order valence-electron chi connectivity index (χ0n) is 17.1. The van der Waals surface area contributed by atoms with Crippen LogP contribution in [0.25, 0.3) is 21.0 Å². The number of benzene rings is 3. The Balaban J connectivity index is 1.68. The topological polar surface area (TPSA) is 36.4 Å². The van der Waals surface area contributed by atoms with Gasteiger partial charge in [0.1, 0.15) is 0 Å². The average molecular weight is 404 g/mol. The lowest BCUT2D eigenvalue weighted by molar-refractivity contribution is -0.118. The third-order valence-electron chi connectivity index (χ3n) is 5.13. The zero-order chi connectivity index (χ0) is 20.4. The van der Waals surface area contributed by atoms with Crippen LogP contribution < -0.4 is 4.90 Å². The molecule has 0 saturated carbocycles. The van der Waals surface area contributed by atoms with Gasteiger partial charge in [-0.05, 0) is 49.0 Å². The van der Waals surface area contributed by atoms with Gasteiger partial charge in [-0.2, -0.15) is 0 Å². The number of fused-ring (bicyclic) bond motifs is 2. The molecule has 4 aromatic rings. The minimum atomic E-state index is 0.0833. The molecular formula is C24H25N3OS. The number of aryl methyl sites for hydroxylation is 1. The molecule has 0 fully saturated rings. The van der Waals surface area contributed by atoms with Crippen molar-refractivity contribution in [3.8, 4) is 0 Å². The molecule has 0 unspecified atom stereocenters. The van der Waals surface area contributed by atoms with Crippen molar-refractivity contribution in [1.82, 2.24) is 9.88 Å². The number of nitrogens with zero attached hydrogens (tertiary/aromatic N) is 3. The van der Waals surface area contributed by atoms with Crippen LogP contribution in [0.5, 0.6) is 0 Å². The van der Waals surface area contributed by atoms with Gasteiger partial charge in [-0.3, -0.25) is 9.69 Å². The number of amides is 1. The summed E-state index contributed by atoms with van der Waals surface area (Å²) in [4.78, 5) is 22.2. The van der Waals surface area contributed by atoms with E-state index in [2.05, 4.69) is 42.2 Å². The van der Waals surface area contributed by atoms with Crippen LogP contribution >= 0.6 is 11.3 Å². The van der Waals surface area contributed by atoms with Gasteiger partial charge in [-0.25, -0.2) is 4.98 Å². The monoisotopic (exact) mass is 403 g/mol. The predicted molar refractivity (Wildman–Crippen MR) is 123 cm³/mol. The summed E-state index contributed by atoms with van der Waals surface area (Å²) >= 11 is 1.59. The van der Waals surface area contributed by atoms with E-state index in [1.807, 2.05) is 49.3 Å². The molecule has 148 valence electrons. The van der Waals surface area contributed by atoms with Crippen LogP contribution in [0.4, 0.5) is 5.13 Å². The van der Waals surface area contributed by atoms with Crippen molar-refractivity contribution in [2.45, 2.75) is 13.3 Å². The second-order valence-corrected chi connectivity index (χ2v) is 8.59. The van der Waals surface area contributed by atoms with Crippen molar-refractivity contribution in [2.75, 3.05) is 32.1 Å². The largest absolute Gasteiger partial charge is 0.308 e. The zero-order valence-corrected chi connectivity index (χ0v) is 17.9. The molecular weight excluding hydrogens is 378 g/mol. The van der Waals surface area contributed by atoms with Gasteiger partial charge in [0.25, 0.3) is 0 Å². The summed E-state index contributed by atoms with van der Waals surface area (Å²) in [5.41, 5.74) is 3.18. The van der Waals surface area contributed by atoms with Crippen molar-refractivity contribution < 1.29 is 4.79 Å². The van der Waals surface area contributed by atoms with Gasteiger partial charge in [0.2, 0.25) is 5.91 Å². The van der Waals surface area contributed by atoms with E-state index in [0.717, 1.165) is 43.8 Å². The fourth-order valence-electron chi connectivity index (χ4n) is 3.52. The number of aromatic nitrogens is 1. The number of thiazole rings is 1. The molecule has 0 spiro atoms. The molecule has 4 nitrogen and oxygen atoms in total. The Kier molecular flexibility index (Phi) is 5.60. The Bertz CT molecular complexity index is 1160. The summed E-state index contributed by atoms with van der Waals surface area (Å²) in [6.45, 7) is 3.47. The molecule has 0 radical (unpaired) electrons. The second-order valence-electron chi connectivity index (χ2n) is 7.58. The Morgan fingerprint density at radius 3 is 2.52 bits per heavy atom. The van der Waals surface area contributed by atoms with Crippen molar-refractivity contribution in [1.29, 1.82) is 0 Å². The van der Waals surface area contributed by atoms with Crippen molar-refractivity contribution in [3.63, 3.8) is 0 Å². The maximum Gasteiger partial charge on any atom is 0.233 e. The summed E-state index contributed by atoms with van der Waals surface area (Å²) in [5.74, 6) is 0.0833. The minimum Gasteiger partial charge on any atom is -0.308 e. The third kappa shape index (κ3) is 4.16. The first-order chi connectivity index (χ1) is 14.0. The van der Waals surface area contributed by atoms with E-state index in [-0.39, 0.29) is 5.91 Å². The van der Waals surface area contributed by atoms with Gasteiger partial charge >= 0.3 is 0 Å². The van der Waals surface area contributed by atoms with Crippen LogP contribution in [0.15, 0.2) is 60.7 Å². The lowest BCUT2D eigenvalue weighted by Crippen LogP contribution is -2.37. The first-order valence-corrected chi connectivity index (χ1v) is 10.6. The molecule has 0 aliphatic rings. The maximum atomic E-state index is 13.4. The first kappa shape index (κ1) is 19.6. The average Bonchev–Trinajstić information content (AvgIpc) is 3.13. The first-order valence-electron chi connectivity index (χ1n) is 9.81. The molecule has 5 heteroatoms. The van der Waals surface area contributed by atoms with Crippen LogP contribution in [0, 0.1) is 6.92 Å². The maximum absolute atomic E-state index is 13.4. The van der Waals surface area contributed by atoms with Crippen LogP contribution in [0.2, 0.25) is 0 Å². The molecule has 1 amide bonds. The van der Waals surface area contributed by atoms with Crippen LogP contribution in [0.1, 0.15) is 11.1 Å². The SMILES string of the molecule is Cc1cccc2sc(N(CCN(C)C)C(=O)Cc3cccc4ccccc34)nc12. The lowest BCUT2D eigenvalue weighted by atomic mass is 10.0. The van der Waals surface area contributed by atoms with E-state index in [1.54, 1.807) is 11.3 Å². The fourth-order valence-corrected chi connectivity index (χ4v) is 4.61. The van der Waals surface area contributed by atoms with Crippen molar-refractivity contribution >= 4 is 43.4 Å². The number of anilines is 1. The summed E-state index contributed by atoms with van der Waals surface area (Å²) in [5, 5.41) is 3.07. The number of para-hydroxylation sites is 1. The molecule has 0 aliphatic carbocycles. The van der Waals surface area contributed by atoms with Gasteiger partial charge in [0.15, 0.2) is 5.13 Å². The van der Waals surface area contributed by atoms with Crippen molar-refractivity contribution in [2.24, 2.45) is 0 Å². The van der Waals surface area contributed by atoms with Crippen LogP contribution in [-0.2, 0) is 11.2 Å². The van der Waals surface area contributed by atoms with Crippen LogP contribution in [0.3, 0.4) is 0 Å². The normalized spacial score (nSPS) is 11.4. The quantitative estimate of drug-likeness (QED) is 0.460. The fraction of sp³-hybridized carbons (Fsp3) is 0.250. The smallest absolute Gasteiger partial charge is 0.233 e. The summed E-state index contributed by atoms with van der Waals surface area (Å²) < 4.78 is 1.12. The molecule has 1 heterocycles. The highest BCUT2D eigenvalue weighted by Gasteiger charge is 2.21. The van der Waals surface area contributed by atoms with E-state index in [9.17, 15) is 4.79 Å². The Labute approximate surface area is 175 Å². The van der Waals surface area contributed by atoms with E-state index in [0.29, 0.717) is 13.0 Å². The molecule has 29 heavy (non-hydrogen) atoms. The number of hydrogen-bond donors (Lipinski definition) is 0. The third-order valence-corrected chi connectivity index (χ3v) is 6.18. The van der Waals surface area contributed by atoms with Crippen LogP contribution in [-0.4, -0.2) is 43.0 Å². The van der Waals surface area contributed by atoms with Gasteiger partial charge < -0.3 is 4.90 Å². The molecule has 3 aromatic carbocycles. The van der Waals surface area contributed by atoms with Gasteiger partial charge in [0.05, 0.1) is 16.6 Å². The molecule has 0 bridgehead atoms. The Morgan fingerprint density at radius 2 is 1.72 bits per heavy atom. The van der Waals surface area contributed by atoms with E-state index in [4.69, 9.17) is 4.98 Å². The van der Waals surface area contributed by atoms with Crippen molar-refractivity contribution in [3.05, 3.63) is 71.8 Å². The van der Waals surface area contributed by atoms with Gasteiger partial charge in [0, 0.05) is 13.1 Å². The number of carbonyl (C=O) groups is 1. The highest BCUT2D eigenvalue weighted by atomic mass is 32.1. The van der Waals surface area contributed by atoms with Gasteiger partial charge in [-0.15, -0.1) is 0 Å². The Morgan fingerprint density at radius 1 is 0.966 bits per heavy atom. The lowest BCUT2D eigenvalue weighted by Gasteiger charge is -2.22. The number of rotatable bonds is 6. The molecule has 1 aromatic heterocycles. The van der Waals surface area contributed by atoms with E-state index in [1.165, 1.54) is 0 Å². The summed E-state index contributed by atoms with van der Waals surface area (Å²) in [6, 6.07) is 20.6. The summed E-state index contributed by atoms with van der Waals surface area (Å²) in [7, 11) is 4.05. The Hall–Kier alpha value is -2.76. The van der Waals surface area contributed by atoms with E-state index < -0.39 is 0 Å². The molecule has 4 rings (SSSR count). The molecule has 0 N–H and O–H groups in total. The standard InChI is InChI=1S/C24H25N3OS/c1-17-8-6-13-21-23(17)25-24(29-21)27(15-14-26(2)3)22(28)16-19-11-7-10-18-9-4-5-12-20(18)19/h4-13H,14-16H2,1-3H3. The minimum absolute atomic E-state index is 0.0833.